The summed E-state index contributed by atoms with van der Waals surface area (Å²) in [5, 5.41) is 17.0. The van der Waals surface area contributed by atoms with Gasteiger partial charge in [0.1, 0.15) is 11.1 Å². The van der Waals surface area contributed by atoms with Gasteiger partial charge in [-0.1, -0.05) is 17.7 Å². The number of hydrogen-bond donors (Lipinski definition) is 2. The van der Waals surface area contributed by atoms with Gasteiger partial charge < -0.3 is 15.2 Å². The number of aryl methyl sites for hydroxylation is 1. The van der Waals surface area contributed by atoms with E-state index in [4.69, 9.17) is 16.3 Å². The number of aromatic carboxylic acids is 1. The number of rotatable bonds is 5. The largest absolute Gasteiger partial charge is 0.477 e. The van der Waals surface area contributed by atoms with Crippen LogP contribution in [0.3, 0.4) is 0 Å². The smallest absolute Gasteiger partial charge is 0.343 e. The number of aromatic nitrogens is 3. The Labute approximate surface area is 153 Å². The molecule has 2 aromatic heterocycles. The third kappa shape index (κ3) is 3.18. The Morgan fingerprint density at radius 2 is 2.08 bits per heavy atom. The molecule has 2 heterocycles. The average Bonchev–Trinajstić information content (AvgIpc) is 3.03. The molecular formula is C17H15ClN4O4. The van der Waals surface area contributed by atoms with Crippen LogP contribution in [0.15, 0.2) is 30.6 Å². The van der Waals surface area contributed by atoms with Gasteiger partial charge in [0.05, 0.1) is 23.5 Å². The van der Waals surface area contributed by atoms with Crippen LogP contribution < -0.4 is 5.32 Å². The van der Waals surface area contributed by atoms with Crippen LogP contribution in [0.25, 0.3) is 5.65 Å². The zero-order chi connectivity index (χ0) is 18.8. The minimum absolute atomic E-state index is 0.117. The number of fused-ring (bicyclic) bond motifs is 1. The standard InChI is InChI=1S/C17H15ClN4O4/c1-3-26-17(25)11-8-20-22-14(11)19-7-10(16(23)24)15(22)21-13-6-9(2)4-5-12(13)18/h4-8,21H,3H2,1-2H3,(H,23,24). The number of carboxylic acid groups (broad SMARTS) is 1. The fraction of sp³-hybridized carbons (Fsp3) is 0.176. The number of anilines is 2. The number of benzene rings is 1. The van der Waals surface area contributed by atoms with Crippen LogP contribution in [0.2, 0.25) is 5.02 Å². The SMILES string of the molecule is CCOC(=O)c1cnn2c(Nc3cc(C)ccc3Cl)c(C(=O)O)cnc12. The van der Waals surface area contributed by atoms with Gasteiger partial charge in [-0.15, -0.1) is 0 Å². The van der Waals surface area contributed by atoms with E-state index in [2.05, 4.69) is 15.4 Å². The van der Waals surface area contributed by atoms with Crippen LogP contribution >= 0.6 is 11.6 Å². The summed E-state index contributed by atoms with van der Waals surface area (Å²) in [5.74, 6) is -1.65. The highest BCUT2D eigenvalue weighted by molar-refractivity contribution is 6.33. The van der Waals surface area contributed by atoms with Crippen molar-refractivity contribution in [3.05, 3.63) is 52.3 Å². The summed E-state index contributed by atoms with van der Waals surface area (Å²) in [5.41, 5.74) is 1.65. The second kappa shape index (κ2) is 7.01. The summed E-state index contributed by atoms with van der Waals surface area (Å²) in [6, 6.07) is 5.31. The maximum atomic E-state index is 12.0. The molecule has 3 rings (SSSR count). The molecule has 0 saturated carbocycles. The van der Waals surface area contributed by atoms with E-state index in [0.717, 1.165) is 11.8 Å². The van der Waals surface area contributed by atoms with E-state index in [1.54, 1.807) is 19.1 Å². The summed E-state index contributed by atoms with van der Waals surface area (Å²) >= 11 is 6.20. The first-order valence-corrected chi connectivity index (χ1v) is 8.10. The van der Waals surface area contributed by atoms with Gasteiger partial charge in [0.25, 0.3) is 0 Å². The first kappa shape index (κ1) is 17.7. The number of nitrogens with zero attached hydrogens (tertiary/aromatic N) is 3. The number of carbonyl (C=O) groups is 2. The molecule has 0 fully saturated rings. The summed E-state index contributed by atoms with van der Waals surface area (Å²) in [6.07, 6.45) is 2.45. The third-order valence-electron chi connectivity index (χ3n) is 3.63. The van der Waals surface area contributed by atoms with Gasteiger partial charge in [-0.05, 0) is 31.5 Å². The highest BCUT2D eigenvalue weighted by Crippen LogP contribution is 2.29. The molecule has 0 aliphatic heterocycles. The fourth-order valence-corrected chi connectivity index (χ4v) is 2.59. The molecule has 9 heteroatoms. The van der Waals surface area contributed by atoms with Crippen LogP contribution in [0.1, 0.15) is 33.2 Å². The van der Waals surface area contributed by atoms with Crippen molar-refractivity contribution in [1.82, 2.24) is 14.6 Å². The van der Waals surface area contributed by atoms with Gasteiger partial charge in [-0.25, -0.2) is 14.6 Å². The average molecular weight is 375 g/mol. The van der Waals surface area contributed by atoms with E-state index >= 15 is 0 Å². The Bertz CT molecular complexity index is 1020. The van der Waals surface area contributed by atoms with Crippen molar-refractivity contribution in [3.8, 4) is 0 Å². The van der Waals surface area contributed by atoms with E-state index in [0.29, 0.717) is 10.7 Å². The number of halogens is 1. The van der Waals surface area contributed by atoms with Crippen LogP contribution in [-0.4, -0.2) is 38.3 Å². The number of ether oxygens (including phenoxy) is 1. The highest BCUT2D eigenvalue weighted by Gasteiger charge is 2.22. The Balaban J connectivity index is 2.18. The summed E-state index contributed by atoms with van der Waals surface area (Å²) in [7, 11) is 0. The molecule has 0 saturated heterocycles. The van der Waals surface area contributed by atoms with Crippen molar-refractivity contribution in [3.63, 3.8) is 0 Å². The minimum atomic E-state index is -1.20. The van der Waals surface area contributed by atoms with E-state index in [1.165, 1.54) is 10.7 Å². The molecule has 26 heavy (non-hydrogen) atoms. The van der Waals surface area contributed by atoms with Gasteiger partial charge >= 0.3 is 11.9 Å². The minimum Gasteiger partial charge on any atom is -0.477 e. The predicted octanol–water partition coefficient (Wildman–Crippen LogP) is 3.31. The number of carboxylic acids is 1. The lowest BCUT2D eigenvalue weighted by Gasteiger charge is -2.13. The van der Waals surface area contributed by atoms with E-state index in [9.17, 15) is 14.7 Å². The lowest BCUT2D eigenvalue weighted by atomic mass is 10.2. The van der Waals surface area contributed by atoms with Crippen molar-refractivity contribution < 1.29 is 19.4 Å². The molecule has 0 unspecified atom stereocenters. The molecular weight excluding hydrogens is 360 g/mol. The van der Waals surface area contributed by atoms with Crippen molar-refractivity contribution in [2.75, 3.05) is 11.9 Å². The Morgan fingerprint density at radius 1 is 1.31 bits per heavy atom. The van der Waals surface area contributed by atoms with E-state index in [-0.39, 0.29) is 29.2 Å². The lowest BCUT2D eigenvalue weighted by molar-refractivity contribution is 0.0528. The van der Waals surface area contributed by atoms with Gasteiger partial charge in [0.15, 0.2) is 11.5 Å². The number of hydrogen-bond acceptors (Lipinski definition) is 6. The topological polar surface area (TPSA) is 106 Å². The maximum absolute atomic E-state index is 12.0. The number of carbonyl (C=O) groups excluding carboxylic acids is 1. The second-order valence-electron chi connectivity index (χ2n) is 5.45. The van der Waals surface area contributed by atoms with Crippen molar-refractivity contribution >= 4 is 40.7 Å². The molecule has 0 atom stereocenters. The second-order valence-corrected chi connectivity index (χ2v) is 5.86. The Kier molecular flexibility index (Phi) is 4.77. The first-order chi connectivity index (χ1) is 12.4. The molecule has 0 spiro atoms. The normalized spacial score (nSPS) is 10.7. The van der Waals surface area contributed by atoms with Gasteiger partial charge in [-0.2, -0.15) is 9.61 Å². The van der Waals surface area contributed by atoms with Crippen molar-refractivity contribution in [2.45, 2.75) is 13.8 Å². The maximum Gasteiger partial charge on any atom is 0.343 e. The van der Waals surface area contributed by atoms with Gasteiger partial charge in [0.2, 0.25) is 0 Å². The Hall–Kier alpha value is -3.13. The Morgan fingerprint density at radius 3 is 2.77 bits per heavy atom. The van der Waals surface area contributed by atoms with Crippen molar-refractivity contribution in [1.29, 1.82) is 0 Å². The zero-order valence-corrected chi connectivity index (χ0v) is 14.7. The summed E-state index contributed by atoms with van der Waals surface area (Å²) in [6.45, 7) is 3.77. The molecule has 0 bridgehead atoms. The number of nitrogens with one attached hydrogen (secondary N) is 1. The van der Waals surface area contributed by atoms with Crippen LogP contribution in [-0.2, 0) is 4.74 Å². The molecule has 2 N–H and O–H groups in total. The summed E-state index contributed by atoms with van der Waals surface area (Å²) < 4.78 is 6.22. The lowest BCUT2D eigenvalue weighted by Crippen LogP contribution is -2.11. The first-order valence-electron chi connectivity index (χ1n) is 7.72. The van der Waals surface area contributed by atoms with Crippen LogP contribution in [0.5, 0.6) is 0 Å². The van der Waals surface area contributed by atoms with Crippen LogP contribution in [0, 0.1) is 6.92 Å². The zero-order valence-electron chi connectivity index (χ0n) is 14.0. The molecule has 3 aromatic rings. The molecule has 0 amide bonds. The molecule has 8 nitrogen and oxygen atoms in total. The molecule has 0 radical (unpaired) electrons. The van der Waals surface area contributed by atoms with Gasteiger partial charge in [0, 0.05) is 6.20 Å². The van der Waals surface area contributed by atoms with Gasteiger partial charge in [-0.3, -0.25) is 0 Å². The van der Waals surface area contributed by atoms with Crippen molar-refractivity contribution in [2.24, 2.45) is 0 Å². The van der Waals surface area contributed by atoms with E-state index < -0.39 is 11.9 Å². The quantitative estimate of drug-likeness (QED) is 0.660. The molecule has 134 valence electrons. The molecule has 0 aliphatic rings. The monoisotopic (exact) mass is 374 g/mol. The van der Waals surface area contributed by atoms with Crippen LogP contribution in [0.4, 0.5) is 11.5 Å². The van der Waals surface area contributed by atoms with E-state index in [1.807, 2.05) is 13.0 Å². The number of esters is 1. The predicted molar refractivity (Wildman–Crippen MR) is 95.4 cm³/mol. The highest BCUT2D eigenvalue weighted by atomic mass is 35.5. The summed E-state index contributed by atoms with van der Waals surface area (Å²) in [4.78, 5) is 27.7. The third-order valence-corrected chi connectivity index (χ3v) is 3.96. The molecule has 1 aromatic carbocycles. The fourth-order valence-electron chi connectivity index (χ4n) is 2.42. The molecule has 0 aliphatic carbocycles.